The average Bonchev–Trinajstić information content (AvgIpc) is 2.66. The van der Waals surface area contributed by atoms with Gasteiger partial charge in [-0.3, -0.25) is 4.99 Å². The van der Waals surface area contributed by atoms with E-state index in [0.717, 1.165) is 44.2 Å². The van der Waals surface area contributed by atoms with Gasteiger partial charge in [0, 0.05) is 39.5 Å². The molecule has 1 aliphatic heterocycles. The van der Waals surface area contributed by atoms with Crippen LogP contribution in [-0.2, 0) is 6.54 Å². The third kappa shape index (κ3) is 4.75. The van der Waals surface area contributed by atoms with Crippen LogP contribution < -0.4 is 10.1 Å². The van der Waals surface area contributed by atoms with E-state index in [-0.39, 0.29) is 6.10 Å². The Labute approximate surface area is 150 Å². The van der Waals surface area contributed by atoms with Crippen molar-refractivity contribution in [2.75, 3.05) is 20.1 Å². The van der Waals surface area contributed by atoms with E-state index >= 15 is 0 Å². The zero-order valence-corrected chi connectivity index (χ0v) is 15.1. The largest absolute Gasteiger partial charge is 0.490 e. The molecule has 4 nitrogen and oxygen atoms in total. The van der Waals surface area contributed by atoms with Crippen LogP contribution in [0.5, 0.6) is 5.75 Å². The number of piperidine rings is 1. The number of ether oxygens (including phenoxy) is 1. The molecule has 0 atom stereocenters. The lowest BCUT2D eigenvalue weighted by molar-refractivity contribution is 0.129. The SMILES string of the molecule is CN=C(NCc1ccccc1C)N1CCC(Oc2ccccc2)CC1. The topological polar surface area (TPSA) is 36.9 Å². The fourth-order valence-electron chi connectivity index (χ4n) is 3.19. The van der Waals surface area contributed by atoms with Gasteiger partial charge in [-0.2, -0.15) is 0 Å². The maximum absolute atomic E-state index is 6.08. The van der Waals surface area contributed by atoms with Crippen LogP contribution in [0.2, 0.25) is 0 Å². The Morgan fingerprint density at radius 2 is 1.76 bits per heavy atom. The van der Waals surface area contributed by atoms with E-state index < -0.39 is 0 Å². The highest BCUT2D eigenvalue weighted by atomic mass is 16.5. The van der Waals surface area contributed by atoms with E-state index in [0.29, 0.717) is 0 Å². The number of likely N-dealkylation sites (tertiary alicyclic amines) is 1. The van der Waals surface area contributed by atoms with Crippen molar-refractivity contribution in [3.05, 3.63) is 65.7 Å². The molecule has 1 aliphatic rings. The minimum absolute atomic E-state index is 0.285. The van der Waals surface area contributed by atoms with E-state index in [9.17, 15) is 0 Å². The Morgan fingerprint density at radius 3 is 2.44 bits per heavy atom. The van der Waals surface area contributed by atoms with Gasteiger partial charge in [-0.05, 0) is 30.2 Å². The summed E-state index contributed by atoms with van der Waals surface area (Å²) in [5, 5.41) is 3.50. The van der Waals surface area contributed by atoms with Gasteiger partial charge in [0.25, 0.3) is 0 Å². The van der Waals surface area contributed by atoms with Gasteiger partial charge in [-0.1, -0.05) is 42.5 Å². The molecule has 0 amide bonds. The van der Waals surface area contributed by atoms with E-state index in [4.69, 9.17) is 4.74 Å². The molecule has 2 aromatic rings. The fourth-order valence-corrected chi connectivity index (χ4v) is 3.19. The minimum Gasteiger partial charge on any atom is -0.490 e. The van der Waals surface area contributed by atoms with E-state index in [1.165, 1.54) is 11.1 Å². The summed E-state index contributed by atoms with van der Waals surface area (Å²) in [4.78, 5) is 6.78. The molecular weight excluding hydrogens is 310 g/mol. The Hall–Kier alpha value is -2.49. The molecule has 25 heavy (non-hydrogen) atoms. The second-order valence-corrected chi connectivity index (χ2v) is 6.44. The highest BCUT2D eigenvalue weighted by Gasteiger charge is 2.22. The molecule has 0 bridgehead atoms. The van der Waals surface area contributed by atoms with Gasteiger partial charge < -0.3 is 15.0 Å². The second-order valence-electron chi connectivity index (χ2n) is 6.44. The number of rotatable bonds is 4. The Kier molecular flexibility index (Phi) is 5.94. The Bertz CT molecular complexity index is 691. The standard InChI is InChI=1S/C21H27N3O/c1-17-8-6-7-9-18(17)16-23-21(22-2)24-14-12-20(13-15-24)25-19-10-4-3-5-11-19/h3-11,20H,12-16H2,1-2H3,(H,22,23). The molecule has 4 heteroatoms. The van der Waals surface area contributed by atoms with Gasteiger partial charge in [0.15, 0.2) is 5.96 Å². The third-order valence-electron chi connectivity index (χ3n) is 4.70. The summed E-state index contributed by atoms with van der Waals surface area (Å²) in [5.41, 5.74) is 2.62. The van der Waals surface area contributed by atoms with Crippen LogP contribution in [0, 0.1) is 6.92 Å². The van der Waals surface area contributed by atoms with Crippen LogP contribution in [0.4, 0.5) is 0 Å². The van der Waals surface area contributed by atoms with Crippen LogP contribution in [0.15, 0.2) is 59.6 Å². The highest BCUT2D eigenvalue weighted by molar-refractivity contribution is 5.80. The van der Waals surface area contributed by atoms with Crippen LogP contribution in [0.1, 0.15) is 24.0 Å². The highest BCUT2D eigenvalue weighted by Crippen LogP contribution is 2.18. The van der Waals surface area contributed by atoms with Crippen molar-refractivity contribution < 1.29 is 4.74 Å². The van der Waals surface area contributed by atoms with E-state index in [2.05, 4.69) is 46.4 Å². The summed E-state index contributed by atoms with van der Waals surface area (Å²) in [6, 6.07) is 18.6. The smallest absolute Gasteiger partial charge is 0.193 e. The zero-order valence-electron chi connectivity index (χ0n) is 15.1. The molecule has 0 radical (unpaired) electrons. The molecule has 0 saturated carbocycles. The van der Waals surface area contributed by atoms with Crippen LogP contribution in [0.25, 0.3) is 0 Å². The molecular formula is C21H27N3O. The molecule has 1 fully saturated rings. The van der Waals surface area contributed by atoms with Crippen molar-refractivity contribution in [1.82, 2.24) is 10.2 Å². The van der Waals surface area contributed by atoms with Gasteiger partial charge in [-0.15, -0.1) is 0 Å². The number of aliphatic imine (C=N–C) groups is 1. The summed E-state index contributed by atoms with van der Waals surface area (Å²) < 4.78 is 6.08. The number of hydrogen-bond acceptors (Lipinski definition) is 2. The first-order valence-corrected chi connectivity index (χ1v) is 8.98. The van der Waals surface area contributed by atoms with Gasteiger partial charge in [0.1, 0.15) is 11.9 Å². The zero-order chi connectivity index (χ0) is 17.5. The van der Waals surface area contributed by atoms with Crippen LogP contribution >= 0.6 is 0 Å². The van der Waals surface area contributed by atoms with Crippen molar-refractivity contribution in [1.29, 1.82) is 0 Å². The molecule has 0 spiro atoms. The number of para-hydroxylation sites is 1. The number of benzene rings is 2. The van der Waals surface area contributed by atoms with Gasteiger partial charge in [0.05, 0.1) is 0 Å². The first-order valence-electron chi connectivity index (χ1n) is 8.98. The molecule has 1 saturated heterocycles. The number of hydrogen-bond donors (Lipinski definition) is 1. The molecule has 1 N–H and O–H groups in total. The maximum atomic E-state index is 6.08. The number of guanidine groups is 1. The van der Waals surface area contributed by atoms with E-state index in [1.54, 1.807) is 0 Å². The number of aryl methyl sites for hydroxylation is 1. The van der Waals surface area contributed by atoms with Gasteiger partial charge in [-0.25, -0.2) is 0 Å². The molecule has 2 aromatic carbocycles. The number of nitrogens with one attached hydrogen (secondary N) is 1. The molecule has 3 rings (SSSR count). The van der Waals surface area contributed by atoms with Crippen molar-refractivity contribution >= 4 is 5.96 Å². The molecule has 0 unspecified atom stereocenters. The Morgan fingerprint density at radius 1 is 1.08 bits per heavy atom. The lowest BCUT2D eigenvalue weighted by atomic mass is 10.1. The molecule has 132 valence electrons. The quantitative estimate of drug-likeness (QED) is 0.684. The monoisotopic (exact) mass is 337 g/mol. The van der Waals surface area contributed by atoms with Gasteiger partial charge >= 0.3 is 0 Å². The van der Waals surface area contributed by atoms with Crippen molar-refractivity contribution in [3.8, 4) is 5.75 Å². The van der Waals surface area contributed by atoms with Crippen molar-refractivity contribution in [2.24, 2.45) is 4.99 Å². The van der Waals surface area contributed by atoms with Crippen LogP contribution in [-0.4, -0.2) is 37.1 Å². The number of nitrogens with zero attached hydrogens (tertiary/aromatic N) is 2. The lowest BCUT2D eigenvalue weighted by Gasteiger charge is -2.34. The maximum Gasteiger partial charge on any atom is 0.193 e. The molecule has 0 aliphatic carbocycles. The Balaban J connectivity index is 1.50. The summed E-state index contributed by atoms with van der Waals surface area (Å²) in [6.07, 6.45) is 2.31. The average molecular weight is 337 g/mol. The van der Waals surface area contributed by atoms with Crippen molar-refractivity contribution in [2.45, 2.75) is 32.4 Å². The predicted molar refractivity (Wildman–Crippen MR) is 103 cm³/mol. The van der Waals surface area contributed by atoms with E-state index in [1.807, 2.05) is 37.4 Å². The first-order chi connectivity index (χ1) is 12.3. The third-order valence-corrected chi connectivity index (χ3v) is 4.70. The first kappa shape index (κ1) is 17.3. The van der Waals surface area contributed by atoms with Crippen molar-refractivity contribution in [3.63, 3.8) is 0 Å². The van der Waals surface area contributed by atoms with Gasteiger partial charge in [0.2, 0.25) is 0 Å². The van der Waals surface area contributed by atoms with Crippen LogP contribution in [0.3, 0.4) is 0 Å². The normalized spacial score (nSPS) is 15.9. The summed E-state index contributed by atoms with van der Waals surface area (Å²) in [5.74, 6) is 1.93. The second kappa shape index (κ2) is 8.56. The molecule has 1 heterocycles. The summed E-state index contributed by atoms with van der Waals surface area (Å²) >= 11 is 0. The predicted octanol–water partition coefficient (Wildman–Crippen LogP) is 3.61. The minimum atomic E-state index is 0.285. The lowest BCUT2D eigenvalue weighted by Crippen LogP contribution is -2.47. The summed E-state index contributed by atoms with van der Waals surface area (Å²) in [6.45, 7) is 4.88. The summed E-state index contributed by atoms with van der Waals surface area (Å²) in [7, 11) is 1.85. The molecule has 0 aromatic heterocycles. The fraction of sp³-hybridized carbons (Fsp3) is 0.381.